The molecule has 2 aliphatic rings. The summed E-state index contributed by atoms with van der Waals surface area (Å²) in [7, 11) is 0. The normalized spacial score (nSPS) is 17.7. The second-order valence-electron chi connectivity index (χ2n) is 9.99. The molecule has 1 saturated heterocycles. The van der Waals surface area contributed by atoms with Gasteiger partial charge in [0.2, 0.25) is 0 Å². The van der Waals surface area contributed by atoms with Crippen molar-refractivity contribution < 1.29 is 13.9 Å². The van der Waals surface area contributed by atoms with Crippen LogP contribution in [0.3, 0.4) is 0 Å². The molecule has 2 heterocycles. The summed E-state index contributed by atoms with van der Waals surface area (Å²) in [6.07, 6.45) is 5.84. The number of nitrogens with zero attached hydrogens (tertiary/aromatic N) is 4. The first-order chi connectivity index (χ1) is 19.3. The number of halogens is 1. The Hall–Kier alpha value is -4.82. The van der Waals surface area contributed by atoms with Crippen LogP contribution in [0.2, 0.25) is 0 Å². The first-order valence-electron chi connectivity index (χ1n) is 13.0. The highest BCUT2D eigenvalue weighted by atomic mass is 19.1. The molecule has 2 aromatic carbocycles. The molecule has 0 spiro atoms. The number of ether oxygens (including phenoxy) is 1. The van der Waals surface area contributed by atoms with E-state index in [1.165, 1.54) is 18.5 Å². The van der Waals surface area contributed by atoms with Crippen LogP contribution in [0.15, 0.2) is 66.5 Å². The smallest absolute Gasteiger partial charge is 0.264 e. The average Bonchev–Trinajstić information content (AvgIpc) is 3.48. The number of nitrogens with one attached hydrogen (secondary N) is 2. The lowest BCUT2D eigenvalue weighted by molar-refractivity contribution is -0.127. The summed E-state index contributed by atoms with van der Waals surface area (Å²) in [6.45, 7) is 0.806. The van der Waals surface area contributed by atoms with Crippen molar-refractivity contribution in [3.63, 3.8) is 0 Å². The number of hydrogen-bond acceptors (Lipinski definition) is 9. The third kappa shape index (κ3) is 5.77. The number of benzene rings is 2. The number of carbonyl (C=O) groups is 1. The molecular weight excluding hydrogens is 511 g/mol. The van der Waals surface area contributed by atoms with Crippen LogP contribution in [0.25, 0.3) is 0 Å². The number of nitriles is 1. The number of hydrogen-bond donors (Lipinski definition) is 4. The van der Waals surface area contributed by atoms with E-state index in [1.807, 2.05) is 24.3 Å². The summed E-state index contributed by atoms with van der Waals surface area (Å²) in [4.78, 5) is 23.0. The fourth-order valence-electron chi connectivity index (χ4n) is 4.70. The van der Waals surface area contributed by atoms with Gasteiger partial charge in [-0.15, -0.1) is 0 Å². The largest absolute Gasteiger partial charge is 0.457 e. The molecule has 0 bridgehead atoms. The van der Waals surface area contributed by atoms with E-state index in [0.717, 1.165) is 25.7 Å². The first kappa shape index (κ1) is 26.8. The number of aromatic nitrogens is 2. The number of carbonyl (C=O) groups excluding carboxylic acids is 1. The van der Waals surface area contributed by atoms with Crippen molar-refractivity contribution in [3.05, 3.63) is 83.5 Å². The zero-order chi connectivity index (χ0) is 28.3. The highest BCUT2D eigenvalue weighted by Crippen LogP contribution is 2.35. The van der Waals surface area contributed by atoms with Crippen LogP contribution in [0.1, 0.15) is 36.8 Å². The summed E-state index contributed by atoms with van der Waals surface area (Å²) >= 11 is 0. The van der Waals surface area contributed by atoms with Gasteiger partial charge in [-0.25, -0.2) is 14.4 Å². The highest BCUT2D eigenvalue weighted by Gasteiger charge is 2.39. The number of para-hydroxylation sites is 1. The van der Waals surface area contributed by atoms with Crippen LogP contribution in [0.4, 0.5) is 16.0 Å². The Bertz CT molecular complexity index is 1510. The van der Waals surface area contributed by atoms with Gasteiger partial charge in [-0.1, -0.05) is 18.2 Å². The van der Waals surface area contributed by atoms with Crippen molar-refractivity contribution in [1.29, 1.82) is 10.7 Å². The molecule has 0 radical (unpaired) electrons. The van der Waals surface area contributed by atoms with Gasteiger partial charge in [-0.05, 0) is 56.0 Å². The monoisotopic (exact) mass is 540 g/mol. The zero-order valence-corrected chi connectivity index (χ0v) is 21.7. The molecule has 1 atom stereocenters. The standard InChI is InChI=1S/C29H29FN8O2/c30-23-13-21(40-20-6-2-1-3-7-20)8-9-22(23)25(32)24-26(33)36-17-37-27(24)35-16-19-5-4-12-38(19)28(39)18(15-31)14-29(34)10-11-29/h1-3,6-9,13-14,17,19,32H,4-5,10-12,16,34H2,(H3,33,35,36,37)/b18-14-,32-25?. The topological polar surface area (TPSA) is 167 Å². The third-order valence-corrected chi connectivity index (χ3v) is 7.07. The van der Waals surface area contributed by atoms with Crippen LogP contribution in [0.5, 0.6) is 11.5 Å². The third-order valence-electron chi connectivity index (χ3n) is 7.07. The molecule has 1 amide bonds. The van der Waals surface area contributed by atoms with Gasteiger partial charge in [0, 0.05) is 36.3 Å². The first-order valence-corrected chi connectivity index (χ1v) is 13.0. The SMILES string of the molecule is N#C/C(=C/C1(N)CC1)C(=O)N1CCCC1CNc1ncnc(N)c1C(=N)c1ccc(Oc2ccccc2)cc1F. The van der Waals surface area contributed by atoms with E-state index >= 15 is 4.39 Å². The lowest BCUT2D eigenvalue weighted by atomic mass is 10.0. The van der Waals surface area contributed by atoms with Gasteiger partial charge in [-0.3, -0.25) is 10.2 Å². The minimum atomic E-state index is -0.663. The second-order valence-corrected chi connectivity index (χ2v) is 9.99. The van der Waals surface area contributed by atoms with Gasteiger partial charge in [0.05, 0.1) is 11.3 Å². The maximum atomic E-state index is 15.1. The number of likely N-dealkylation sites (tertiary alicyclic amines) is 1. The quantitative estimate of drug-likeness (QED) is 0.181. The van der Waals surface area contributed by atoms with Gasteiger partial charge in [0.1, 0.15) is 46.9 Å². The molecule has 1 aromatic heterocycles. The molecule has 11 heteroatoms. The Morgan fingerprint density at radius 1 is 1.25 bits per heavy atom. The molecule has 3 aromatic rings. The average molecular weight is 541 g/mol. The van der Waals surface area contributed by atoms with Crippen LogP contribution in [-0.4, -0.2) is 51.2 Å². The van der Waals surface area contributed by atoms with Gasteiger partial charge in [0.15, 0.2) is 0 Å². The minimum Gasteiger partial charge on any atom is -0.457 e. The Morgan fingerprint density at radius 3 is 2.73 bits per heavy atom. The molecule has 2 fully saturated rings. The van der Waals surface area contributed by atoms with Gasteiger partial charge < -0.3 is 26.4 Å². The van der Waals surface area contributed by atoms with E-state index in [9.17, 15) is 10.1 Å². The maximum absolute atomic E-state index is 15.1. The highest BCUT2D eigenvalue weighted by molar-refractivity contribution is 6.16. The molecule has 5 rings (SSSR count). The molecule has 204 valence electrons. The number of nitrogens with two attached hydrogens (primary N) is 2. The predicted octanol–water partition coefficient (Wildman–Crippen LogP) is 3.75. The molecule has 40 heavy (non-hydrogen) atoms. The lowest BCUT2D eigenvalue weighted by Crippen LogP contribution is -2.40. The molecular formula is C29H29FN8O2. The van der Waals surface area contributed by atoms with Crippen LogP contribution < -0.4 is 21.5 Å². The van der Waals surface area contributed by atoms with Crippen molar-refractivity contribution in [2.75, 3.05) is 24.1 Å². The summed E-state index contributed by atoms with van der Waals surface area (Å²) in [5.41, 5.74) is 11.7. The maximum Gasteiger partial charge on any atom is 0.264 e. The predicted molar refractivity (Wildman–Crippen MR) is 148 cm³/mol. The molecule has 1 unspecified atom stereocenters. The molecule has 10 nitrogen and oxygen atoms in total. The van der Waals surface area contributed by atoms with E-state index < -0.39 is 11.4 Å². The zero-order valence-electron chi connectivity index (χ0n) is 21.7. The van der Waals surface area contributed by atoms with E-state index in [4.69, 9.17) is 21.6 Å². The minimum absolute atomic E-state index is 0.00206. The Labute approximate surface area is 231 Å². The van der Waals surface area contributed by atoms with Crippen molar-refractivity contribution in [2.24, 2.45) is 5.73 Å². The Balaban J connectivity index is 1.32. The number of amides is 1. The van der Waals surface area contributed by atoms with Gasteiger partial charge in [-0.2, -0.15) is 5.26 Å². The fourth-order valence-corrected chi connectivity index (χ4v) is 4.70. The van der Waals surface area contributed by atoms with Crippen molar-refractivity contribution >= 4 is 23.3 Å². The lowest BCUT2D eigenvalue weighted by Gasteiger charge is -2.25. The van der Waals surface area contributed by atoms with Crippen LogP contribution >= 0.6 is 0 Å². The van der Waals surface area contributed by atoms with Gasteiger partial charge in [0.25, 0.3) is 5.91 Å². The fraction of sp³-hybridized carbons (Fsp3) is 0.276. The number of anilines is 2. The molecule has 1 aliphatic carbocycles. The van der Waals surface area contributed by atoms with Crippen molar-refractivity contribution in [2.45, 2.75) is 37.3 Å². The number of rotatable bonds is 9. The van der Waals surface area contributed by atoms with Gasteiger partial charge >= 0.3 is 0 Å². The summed E-state index contributed by atoms with van der Waals surface area (Å²) in [6, 6.07) is 15.0. The second kappa shape index (κ2) is 11.1. The van der Waals surface area contributed by atoms with E-state index in [0.29, 0.717) is 18.8 Å². The summed E-state index contributed by atoms with van der Waals surface area (Å²) in [5, 5.41) is 21.5. The van der Waals surface area contributed by atoms with E-state index in [-0.39, 0.29) is 51.7 Å². The van der Waals surface area contributed by atoms with E-state index in [2.05, 4.69) is 15.3 Å². The number of nitrogen functional groups attached to an aromatic ring is 1. The molecule has 6 N–H and O–H groups in total. The van der Waals surface area contributed by atoms with Crippen molar-refractivity contribution in [1.82, 2.24) is 14.9 Å². The Kier molecular flexibility index (Phi) is 7.44. The van der Waals surface area contributed by atoms with Crippen molar-refractivity contribution in [3.8, 4) is 17.6 Å². The Morgan fingerprint density at radius 2 is 2.02 bits per heavy atom. The van der Waals surface area contributed by atoms with Crippen LogP contribution in [-0.2, 0) is 4.79 Å². The summed E-state index contributed by atoms with van der Waals surface area (Å²) in [5.74, 6) is 0.0932. The summed E-state index contributed by atoms with van der Waals surface area (Å²) < 4.78 is 20.8. The molecule has 1 saturated carbocycles. The molecule has 1 aliphatic heterocycles. The van der Waals surface area contributed by atoms with Crippen LogP contribution in [0, 0.1) is 22.6 Å². The van der Waals surface area contributed by atoms with E-state index in [1.54, 1.807) is 29.2 Å².